The monoisotopic (exact) mass is 420 g/mol. The maximum absolute atomic E-state index is 9.62. The fraction of sp³-hybridized carbons (Fsp3) is 0.867. The molecule has 0 aliphatic rings. The number of ether oxygens (including phenoxy) is 1. The second-order valence-corrected chi connectivity index (χ2v) is 6.73. The molecule has 0 aliphatic heterocycles. The number of hydrogen-bond acceptors (Lipinski definition) is 7. The molecule has 1 unspecified atom stereocenters. The van der Waals surface area contributed by atoms with Gasteiger partial charge < -0.3 is 14.9 Å². The van der Waals surface area contributed by atoms with Gasteiger partial charge >= 0.3 is 11.9 Å². The van der Waals surface area contributed by atoms with Crippen molar-refractivity contribution in [1.29, 1.82) is 0 Å². The van der Waals surface area contributed by atoms with E-state index in [1.165, 1.54) is 45.4 Å². The molecule has 2 N–H and O–H groups in total. The number of carboxylic acids is 2. The summed E-state index contributed by atoms with van der Waals surface area (Å²) in [6.45, 7) is 3.36. The van der Waals surface area contributed by atoms with Gasteiger partial charge in [0.05, 0.1) is 11.0 Å². The molecule has 0 aromatic heterocycles. The molecule has 0 fully saturated rings. The Morgan fingerprint density at radius 1 is 0.875 bits per heavy atom. The van der Waals surface area contributed by atoms with Crippen LogP contribution < -0.4 is 0 Å². The number of carbonyl (C=O) groups is 2. The van der Waals surface area contributed by atoms with Gasteiger partial charge in [-0.1, -0.05) is 12.8 Å². The van der Waals surface area contributed by atoms with Gasteiger partial charge in [-0.15, -0.1) is 0 Å². The summed E-state index contributed by atoms with van der Waals surface area (Å²) >= 11 is 15.3. The first-order chi connectivity index (χ1) is 11.3. The van der Waals surface area contributed by atoms with Gasteiger partial charge in [0.1, 0.15) is 0 Å². The Morgan fingerprint density at radius 3 is 1.42 bits per heavy atom. The molecule has 0 aromatic carbocycles. The molecule has 0 saturated heterocycles. The van der Waals surface area contributed by atoms with Gasteiger partial charge in [0.2, 0.25) is 0 Å². The van der Waals surface area contributed by atoms with E-state index in [4.69, 9.17) is 14.9 Å². The van der Waals surface area contributed by atoms with Crippen LogP contribution in [-0.2, 0) is 14.3 Å². The van der Waals surface area contributed by atoms with E-state index in [9.17, 15) is 9.59 Å². The van der Waals surface area contributed by atoms with Gasteiger partial charge in [-0.05, 0) is 44.1 Å². The average Bonchev–Trinajstić information content (AvgIpc) is 2.54. The van der Waals surface area contributed by atoms with Gasteiger partial charge in [0.25, 0.3) is 0 Å². The molecule has 0 aromatic rings. The molecule has 0 heterocycles. The smallest absolute Gasteiger partial charge is 0.316 e. The summed E-state index contributed by atoms with van der Waals surface area (Å²) in [5, 5.41) is 15.0. The summed E-state index contributed by atoms with van der Waals surface area (Å²) in [5.41, 5.74) is 0. The highest BCUT2D eigenvalue weighted by atomic mass is 32.1. The van der Waals surface area contributed by atoms with Crippen molar-refractivity contribution in [3.05, 3.63) is 0 Å². The lowest BCUT2D eigenvalue weighted by Crippen LogP contribution is -2.06. The summed E-state index contributed by atoms with van der Waals surface area (Å²) in [5.74, 6) is 0.163. The van der Waals surface area contributed by atoms with E-state index in [-0.39, 0.29) is 5.75 Å². The molecule has 0 spiro atoms. The predicted octanol–water partition coefficient (Wildman–Crippen LogP) is 3.59. The second kappa shape index (κ2) is 25.5. The quantitative estimate of drug-likeness (QED) is 0.215. The van der Waals surface area contributed by atoms with Gasteiger partial charge in [0, 0.05) is 13.2 Å². The summed E-state index contributed by atoms with van der Waals surface area (Å²) < 4.78 is 5.48. The van der Waals surface area contributed by atoms with Crippen LogP contribution in [-0.4, -0.2) is 57.9 Å². The molecular weight excluding hydrogens is 388 g/mol. The normalized spacial score (nSPS) is 10.7. The summed E-state index contributed by atoms with van der Waals surface area (Å²) in [6.07, 6.45) is 7.30. The zero-order chi connectivity index (χ0) is 19.2. The first-order valence-corrected chi connectivity index (χ1v) is 10.3. The molecule has 0 aliphatic carbocycles. The number of thiol groups is 4. The van der Waals surface area contributed by atoms with Gasteiger partial charge in [-0.3, -0.25) is 9.59 Å². The third kappa shape index (κ3) is 38.1. The van der Waals surface area contributed by atoms with E-state index in [1.807, 2.05) is 0 Å². The zero-order valence-corrected chi connectivity index (χ0v) is 17.8. The Bertz CT molecular complexity index is 269. The Hall–Kier alpha value is 0.300. The lowest BCUT2D eigenvalue weighted by Gasteiger charge is -2.02. The fourth-order valence-corrected chi connectivity index (χ4v) is 1.53. The Balaban J connectivity index is -0.000000332. The van der Waals surface area contributed by atoms with Gasteiger partial charge in [-0.25, -0.2) is 0 Å². The van der Waals surface area contributed by atoms with Crippen molar-refractivity contribution in [1.82, 2.24) is 0 Å². The Kier molecular flexibility index (Phi) is 30.9. The van der Waals surface area contributed by atoms with Crippen molar-refractivity contribution >= 4 is 62.5 Å². The van der Waals surface area contributed by atoms with Crippen LogP contribution in [0.25, 0.3) is 0 Å². The molecule has 24 heavy (non-hydrogen) atoms. The molecule has 9 heteroatoms. The minimum atomic E-state index is -0.881. The van der Waals surface area contributed by atoms with Gasteiger partial charge in [0.15, 0.2) is 0 Å². The summed E-state index contributed by atoms with van der Waals surface area (Å²) in [7, 11) is 0. The van der Waals surface area contributed by atoms with E-state index in [0.29, 0.717) is 0 Å². The maximum atomic E-state index is 9.62. The van der Waals surface area contributed by atoms with Crippen LogP contribution in [0.4, 0.5) is 0 Å². The van der Waals surface area contributed by atoms with Crippen LogP contribution in [0.3, 0.4) is 0 Å². The average molecular weight is 421 g/mol. The molecule has 0 rings (SSSR count). The number of unbranched alkanes of at least 4 members (excludes halogenated alkanes) is 4. The predicted molar refractivity (Wildman–Crippen MR) is 114 cm³/mol. The summed E-state index contributed by atoms with van der Waals surface area (Å²) in [4.78, 5) is 18.9. The topological polar surface area (TPSA) is 83.8 Å². The zero-order valence-electron chi connectivity index (χ0n) is 14.3. The third-order valence-corrected chi connectivity index (χ3v) is 3.51. The maximum Gasteiger partial charge on any atom is 0.316 e. The molecule has 0 bridgehead atoms. The SMILES string of the molecule is CC(S)C(=O)O.O=C(O)CS.SCCCCCOCCCCCS. The van der Waals surface area contributed by atoms with Crippen molar-refractivity contribution in [2.24, 2.45) is 0 Å². The van der Waals surface area contributed by atoms with Crippen molar-refractivity contribution < 1.29 is 24.5 Å². The second-order valence-electron chi connectivity index (χ2n) is 4.75. The molecule has 1 atom stereocenters. The van der Waals surface area contributed by atoms with E-state index in [2.05, 4.69) is 50.5 Å². The Morgan fingerprint density at radius 2 is 1.21 bits per heavy atom. The minimum absolute atomic E-state index is 0.0833. The number of carboxylic acid groups (broad SMARTS) is 2. The molecule has 146 valence electrons. The van der Waals surface area contributed by atoms with Crippen molar-refractivity contribution in [2.45, 2.75) is 50.7 Å². The molecule has 0 saturated carbocycles. The van der Waals surface area contributed by atoms with Crippen molar-refractivity contribution in [2.75, 3.05) is 30.5 Å². The molecule has 0 radical (unpaired) electrons. The molecule has 0 amide bonds. The highest BCUT2D eigenvalue weighted by Crippen LogP contribution is 2.00. The lowest BCUT2D eigenvalue weighted by molar-refractivity contribution is -0.136. The van der Waals surface area contributed by atoms with Crippen molar-refractivity contribution in [3.63, 3.8) is 0 Å². The van der Waals surface area contributed by atoms with Crippen LogP contribution in [0.1, 0.15) is 45.4 Å². The lowest BCUT2D eigenvalue weighted by atomic mass is 10.2. The van der Waals surface area contributed by atoms with Crippen LogP contribution in [0.5, 0.6) is 0 Å². The standard InChI is InChI=1S/C10H22OS2.C3H6O2S.C2H4O2S/c12-9-5-1-3-7-11-8-4-2-6-10-13;1-2(6)3(4)5;3-2(4)1-5/h12-13H,1-10H2;2,6H,1H3,(H,4,5);5H,1H2,(H,3,4). The number of rotatable bonds is 12. The fourth-order valence-electron chi connectivity index (χ4n) is 1.09. The van der Waals surface area contributed by atoms with Crippen LogP contribution in [0, 0.1) is 0 Å². The minimum Gasteiger partial charge on any atom is -0.481 e. The van der Waals surface area contributed by atoms with Crippen LogP contribution in [0.15, 0.2) is 0 Å². The highest BCUT2D eigenvalue weighted by Gasteiger charge is 2.00. The van der Waals surface area contributed by atoms with Crippen LogP contribution in [0.2, 0.25) is 0 Å². The number of hydrogen-bond donors (Lipinski definition) is 6. The highest BCUT2D eigenvalue weighted by molar-refractivity contribution is 7.81. The van der Waals surface area contributed by atoms with E-state index in [0.717, 1.165) is 24.7 Å². The van der Waals surface area contributed by atoms with Crippen LogP contribution >= 0.6 is 50.5 Å². The van der Waals surface area contributed by atoms with E-state index in [1.54, 1.807) is 0 Å². The number of aliphatic carboxylic acids is 2. The van der Waals surface area contributed by atoms with Gasteiger partial charge in [-0.2, -0.15) is 50.5 Å². The molecular formula is C15H32O5S4. The Labute approximate surface area is 168 Å². The van der Waals surface area contributed by atoms with E-state index >= 15 is 0 Å². The first-order valence-electron chi connectivity index (χ1n) is 7.86. The van der Waals surface area contributed by atoms with E-state index < -0.39 is 17.2 Å². The third-order valence-electron chi connectivity index (χ3n) is 2.39. The van der Waals surface area contributed by atoms with Crippen molar-refractivity contribution in [3.8, 4) is 0 Å². The first kappa shape index (κ1) is 29.1. The summed E-state index contributed by atoms with van der Waals surface area (Å²) in [6, 6.07) is 0. The largest absolute Gasteiger partial charge is 0.481 e. The molecule has 5 nitrogen and oxygen atoms in total.